The predicted octanol–water partition coefficient (Wildman–Crippen LogP) is 4.41. The van der Waals surface area contributed by atoms with E-state index in [9.17, 15) is 9.59 Å². The minimum Gasteiger partial charge on any atom is -0.361 e. The summed E-state index contributed by atoms with van der Waals surface area (Å²) in [6.45, 7) is 5.17. The Morgan fingerprint density at radius 2 is 2.10 bits per heavy atom. The van der Waals surface area contributed by atoms with Gasteiger partial charge in [0.25, 0.3) is 11.5 Å². The second-order valence-electron chi connectivity index (χ2n) is 7.55. The third-order valence-electron chi connectivity index (χ3n) is 5.48. The number of hydrogen-bond acceptors (Lipinski definition) is 4. The largest absolute Gasteiger partial charge is 0.361 e. The van der Waals surface area contributed by atoms with Crippen molar-refractivity contribution in [2.24, 2.45) is 0 Å². The number of aromatic amines is 1. The Labute approximate surface area is 179 Å². The summed E-state index contributed by atoms with van der Waals surface area (Å²) in [6, 6.07) is 8.14. The van der Waals surface area contributed by atoms with Crippen molar-refractivity contribution in [1.82, 2.24) is 19.9 Å². The van der Waals surface area contributed by atoms with E-state index in [0.717, 1.165) is 36.8 Å². The van der Waals surface area contributed by atoms with Gasteiger partial charge in [-0.2, -0.15) is 0 Å². The van der Waals surface area contributed by atoms with Crippen LogP contribution < -0.4 is 10.9 Å². The summed E-state index contributed by atoms with van der Waals surface area (Å²) < 4.78 is 1.66. The molecule has 0 saturated heterocycles. The average molecular weight is 423 g/mol. The van der Waals surface area contributed by atoms with Crippen LogP contribution in [0.25, 0.3) is 21.1 Å². The molecule has 0 saturated carbocycles. The van der Waals surface area contributed by atoms with Gasteiger partial charge in [0, 0.05) is 30.2 Å². The monoisotopic (exact) mass is 422 g/mol. The number of benzene rings is 1. The first-order chi connectivity index (χ1) is 14.6. The molecule has 30 heavy (non-hydrogen) atoms. The lowest BCUT2D eigenvalue weighted by Gasteiger charge is -2.05. The number of thiophene rings is 1. The van der Waals surface area contributed by atoms with Gasteiger partial charge in [0.15, 0.2) is 0 Å². The highest BCUT2D eigenvalue weighted by atomic mass is 32.1. The standard InChI is InChI=1S/C23H26N4O2S/c1-3-4-7-12-27-14-26-22-19(23(27)29)15(2)20(30-22)21(28)24-11-10-16-13-25-18-9-6-5-8-17(16)18/h5-6,8-9,13-14,25H,3-4,7,10-12H2,1-2H3,(H,24,28). The first-order valence-corrected chi connectivity index (χ1v) is 11.2. The smallest absolute Gasteiger partial charge is 0.262 e. The summed E-state index contributed by atoms with van der Waals surface area (Å²) in [7, 11) is 0. The fourth-order valence-corrected chi connectivity index (χ4v) is 4.85. The number of nitrogens with zero attached hydrogens (tertiary/aromatic N) is 2. The van der Waals surface area contributed by atoms with Gasteiger partial charge in [0.1, 0.15) is 4.83 Å². The van der Waals surface area contributed by atoms with E-state index < -0.39 is 0 Å². The van der Waals surface area contributed by atoms with Crippen LogP contribution in [0.2, 0.25) is 0 Å². The zero-order chi connectivity index (χ0) is 21.1. The Balaban J connectivity index is 1.48. The molecule has 3 heterocycles. The summed E-state index contributed by atoms with van der Waals surface area (Å²) >= 11 is 1.29. The maximum absolute atomic E-state index is 12.9. The van der Waals surface area contributed by atoms with Crippen LogP contribution in [0, 0.1) is 6.92 Å². The maximum Gasteiger partial charge on any atom is 0.262 e. The Morgan fingerprint density at radius 3 is 2.93 bits per heavy atom. The van der Waals surface area contributed by atoms with Gasteiger partial charge in [-0.25, -0.2) is 4.98 Å². The third kappa shape index (κ3) is 3.89. The highest BCUT2D eigenvalue weighted by molar-refractivity contribution is 7.20. The number of amides is 1. The van der Waals surface area contributed by atoms with Crippen molar-refractivity contribution in [3.05, 3.63) is 63.1 Å². The molecule has 4 rings (SSSR count). The second kappa shape index (κ2) is 8.83. The first kappa shape index (κ1) is 20.3. The number of H-pyrrole nitrogens is 1. The molecule has 0 aliphatic rings. The fourth-order valence-electron chi connectivity index (χ4n) is 3.80. The molecule has 2 N–H and O–H groups in total. The van der Waals surface area contributed by atoms with Crippen molar-refractivity contribution in [3.8, 4) is 0 Å². The van der Waals surface area contributed by atoms with Crippen molar-refractivity contribution in [2.75, 3.05) is 6.54 Å². The molecular formula is C23H26N4O2S. The van der Waals surface area contributed by atoms with Gasteiger partial charge in [0.05, 0.1) is 16.6 Å². The number of aromatic nitrogens is 3. The average Bonchev–Trinajstić information content (AvgIpc) is 3.31. The summed E-state index contributed by atoms with van der Waals surface area (Å²) in [5.74, 6) is -0.146. The number of nitrogens with one attached hydrogen (secondary N) is 2. The van der Waals surface area contributed by atoms with Gasteiger partial charge in [-0.15, -0.1) is 11.3 Å². The molecule has 0 aliphatic heterocycles. The molecule has 0 aliphatic carbocycles. The normalized spacial score (nSPS) is 11.4. The third-order valence-corrected chi connectivity index (χ3v) is 6.68. The summed E-state index contributed by atoms with van der Waals surface area (Å²) in [6.07, 6.45) is 7.47. The van der Waals surface area contributed by atoms with Crippen molar-refractivity contribution in [1.29, 1.82) is 0 Å². The van der Waals surface area contributed by atoms with E-state index >= 15 is 0 Å². The van der Waals surface area contributed by atoms with Crippen molar-refractivity contribution in [3.63, 3.8) is 0 Å². The van der Waals surface area contributed by atoms with Crippen LogP contribution in [0.4, 0.5) is 0 Å². The minimum atomic E-state index is -0.146. The van der Waals surface area contributed by atoms with E-state index in [4.69, 9.17) is 0 Å². The van der Waals surface area contributed by atoms with Crippen LogP contribution in [0.3, 0.4) is 0 Å². The Bertz CT molecular complexity index is 1250. The number of rotatable bonds is 8. The number of hydrogen-bond donors (Lipinski definition) is 2. The number of para-hydroxylation sites is 1. The lowest BCUT2D eigenvalue weighted by Crippen LogP contribution is -2.25. The number of unbranched alkanes of at least 4 members (excludes halogenated alkanes) is 2. The topological polar surface area (TPSA) is 79.8 Å². The Kier molecular flexibility index (Phi) is 5.99. The maximum atomic E-state index is 12.9. The van der Waals surface area contributed by atoms with Gasteiger partial charge < -0.3 is 10.3 Å². The molecule has 7 heteroatoms. The van der Waals surface area contributed by atoms with Gasteiger partial charge in [0.2, 0.25) is 0 Å². The highest BCUT2D eigenvalue weighted by Gasteiger charge is 2.19. The SMILES string of the molecule is CCCCCn1cnc2sc(C(=O)NCCc3c[nH]c4ccccc34)c(C)c2c1=O. The summed E-state index contributed by atoms with van der Waals surface area (Å²) in [4.78, 5) is 34.6. The van der Waals surface area contributed by atoms with Crippen LogP contribution in [-0.2, 0) is 13.0 Å². The fraction of sp³-hybridized carbons (Fsp3) is 0.348. The molecule has 0 fully saturated rings. The van der Waals surface area contributed by atoms with E-state index in [1.54, 1.807) is 10.9 Å². The highest BCUT2D eigenvalue weighted by Crippen LogP contribution is 2.26. The molecule has 0 radical (unpaired) electrons. The van der Waals surface area contributed by atoms with E-state index in [1.165, 1.54) is 22.3 Å². The van der Waals surface area contributed by atoms with Crippen LogP contribution in [0.1, 0.15) is 47.0 Å². The zero-order valence-electron chi connectivity index (χ0n) is 17.3. The van der Waals surface area contributed by atoms with Crippen molar-refractivity contribution < 1.29 is 4.79 Å². The zero-order valence-corrected chi connectivity index (χ0v) is 18.1. The Morgan fingerprint density at radius 1 is 1.27 bits per heavy atom. The quantitative estimate of drug-likeness (QED) is 0.413. The minimum absolute atomic E-state index is 0.0531. The molecule has 1 aromatic carbocycles. The number of carbonyl (C=O) groups excluding carboxylic acids is 1. The van der Waals surface area contributed by atoms with Crippen LogP contribution >= 0.6 is 11.3 Å². The second-order valence-corrected chi connectivity index (χ2v) is 8.55. The van der Waals surface area contributed by atoms with E-state index in [0.29, 0.717) is 28.2 Å². The molecule has 0 bridgehead atoms. The molecular weight excluding hydrogens is 396 g/mol. The lowest BCUT2D eigenvalue weighted by atomic mass is 10.1. The van der Waals surface area contributed by atoms with Gasteiger partial charge in [-0.05, 0) is 37.0 Å². The molecule has 0 spiro atoms. The van der Waals surface area contributed by atoms with E-state index in [-0.39, 0.29) is 11.5 Å². The number of carbonyl (C=O) groups is 1. The lowest BCUT2D eigenvalue weighted by molar-refractivity contribution is 0.0957. The molecule has 3 aromatic heterocycles. The predicted molar refractivity (Wildman–Crippen MR) is 122 cm³/mol. The molecule has 156 valence electrons. The van der Waals surface area contributed by atoms with Crippen LogP contribution in [0.5, 0.6) is 0 Å². The van der Waals surface area contributed by atoms with Gasteiger partial charge >= 0.3 is 0 Å². The van der Waals surface area contributed by atoms with E-state index in [1.807, 2.05) is 31.3 Å². The summed E-state index contributed by atoms with van der Waals surface area (Å²) in [5, 5.41) is 4.75. The number of fused-ring (bicyclic) bond motifs is 2. The molecule has 1 amide bonds. The van der Waals surface area contributed by atoms with Crippen molar-refractivity contribution >= 4 is 38.4 Å². The van der Waals surface area contributed by atoms with Crippen molar-refractivity contribution in [2.45, 2.75) is 46.1 Å². The van der Waals surface area contributed by atoms with E-state index in [2.05, 4.69) is 28.3 Å². The molecule has 4 aromatic rings. The molecule has 6 nitrogen and oxygen atoms in total. The first-order valence-electron chi connectivity index (χ1n) is 10.4. The number of aryl methyl sites for hydroxylation is 2. The van der Waals surface area contributed by atoms with Crippen LogP contribution in [0.15, 0.2) is 41.6 Å². The van der Waals surface area contributed by atoms with Gasteiger partial charge in [-0.3, -0.25) is 14.2 Å². The summed E-state index contributed by atoms with van der Waals surface area (Å²) in [5.41, 5.74) is 2.95. The molecule has 0 unspecified atom stereocenters. The van der Waals surface area contributed by atoms with Crippen LogP contribution in [-0.4, -0.2) is 27.0 Å². The Hall–Kier alpha value is -2.93. The van der Waals surface area contributed by atoms with Gasteiger partial charge in [-0.1, -0.05) is 38.0 Å². The molecule has 0 atom stereocenters.